The number of carbonyl (C=O) groups is 1. The standard InChI is InChI=1S/C10H14O2/c11-10(12)8-4-7-9-5-2-1-3-6-9/h7-9H,1-3,5-6H2,(H,11,12). The van der Waals surface area contributed by atoms with Gasteiger partial charge in [0.05, 0.1) is 6.08 Å². The molecule has 0 amide bonds. The summed E-state index contributed by atoms with van der Waals surface area (Å²) in [5.74, 6) is -0.351. The largest absolute Gasteiger partial charge is 0.478 e. The predicted molar refractivity (Wildman–Crippen MR) is 46.9 cm³/mol. The van der Waals surface area contributed by atoms with Crippen LogP contribution in [-0.4, -0.2) is 11.1 Å². The van der Waals surface area contributed by atoms with Crippen molar-refractivity contribution in [2.45, 2.75) is 32.1 Å². The fourth-order valence-corrected chi connectivity index (χ4v) is 1.56. The molecule has 0 radical (unpaired) electrons. The van der Waals surface area contributed by atoms with Gasteiger partial charge in [-0.25, -0.2) is 4.79 Å². The molecule has 1 aliphatic rings. The predicted octanol–water partition coefficient (Wildman–Crippen LogP) is 2.36. The summed E-state index contributed by atoms with van der Waals surface area (Å²) in [6.07, 6.45) is 9.24. The average Bonchev–Trinajstić information content (AvgIpc) is 2.05. The Balaban J connectivity index is 2.38. The third-order valence-corrected chi connectivity index (χ3v) is 2.19. The number of carboxylic acid groups (broad SMARTS) is 1. The summed E-state index contributed by atoms with van der Waals surface area (Å²) >= 11 is 0. The topological polar surface area (TPSA) is 37.3 Å². The van der Waals surface area contributed by atoms with E-state index in [0.717, 1.165) is 6.08 Å². The highest BCUT2D eigenvalue weighted by molar-refractivity contribution is 5.79. The van der Waals surface area contributed by atoms with Crippen molar-refractivity contribution in [1.29, 1.82) is 0 Å². The Morgan fingerprint density at radius 1 is 1.33 bits per heavy atom. The van der Waals surface area contributed by atoms with E-state index in [1.807, 2.05) is 6.08 Å². The van der Waals surface area contributed by atoms with Crippen molar-refractivity contribution in [3.63, 3.8) is 0 Å². The summed E-state index contributed by atoms with van der Waals surface area (Å²) in [6.45, 7) is 0. The summed E-state index contributed by atoms with van der Waals surface area (Å²) in [6, 6.07) is 0. The highest BCUT2D eigenvalue weighted by Gasteiger charge is 2.09. The van der Waals surface area contributed by atoms with Gasteiger partial charge in [-0.1, -0.05) is 19.3 Å². The maximum atomic E-state index is 10.1. The van der Waals surface area contributed by atoms with Crippen LogP contribution < -0.4 is 0 Å². The van der Waals surface area contributed by atoms with Crippen LogP contribution in [0, 0.1) is 5.92 Å². The molecule has 12 heavy (non-hydrogen) atoms. The normalized spacial score (nSPS) is 18.0. The number of hydrogen-bond acceptors (Lipinski definition) is 1. The smallest absolute Gasteiger partial charge is 0.336 e. The van der Waals surface area contributed by atoms with Gasteiger partial charge in [-0.2, -0.15) is 0 Å². The number of rotatable bonds is 2. The molecule has 1 saturated carbocycles. The molecule has 2 nitrogen and oxygen atoms in total. The highest BCUT2D eigenvalue weighted by atomic mass is 16.4. The van der Waals surface area contributed by atoms with Gasteiger partial charge in [0.2, 0.25) is 0 Å². The van der Waals surface area contributed by atoms with Gasteiger partial charge < -0.3 is 5.11 Å². The molecule has 1 fully saturated rings. The van der Waals surface area contributed by atoms with Crippen molar-refractivity contribution in [2.75, 3.05) is 0 Å². The Hall–Kier alpha value is -1.01. The van der Waals surface area contributed by atoms with Gasteiger partial charge in [0.15, 0.2) is 0 Å². The second-order valence-corrected chi connectivity index (χ2v) is 3.21. The molecule has 0 heterocycles. The molecule has 0 atom stereocenters. The molecular weight excluding hydrogens is 152 g/mol. The van der Waals surface area contributed by atoms with Crippen LogP contribution in [0.4, 0.5) is 0 Å². The zero-order chi connectivity index (χ0) is 8.81. The summed E-state index contributed by atoms with van der Waals surface area (Å²) in [4.78, 5) is 10.1. The zero-order valence-corrected chi connectivity index (χ0v) is 7.12. The van der Waals surface area contributed by atoms with E-state index in [0.29, 0.717) is 5.92 Å². The van der Waals surface area contributed by atoms with E-state index in [-0.39, 0.29) is 0 Å². The number of carboxylic acids is 1. The van der Waals surface area contributed by atoms with Crippen LogP contribution in [0.25, 0.3) is 0 Å². The third kappa shape index (κ3) is 3.40. The summed E-state index contributed by atoms with van der Waals surface area (Å²) in [7, 11) is 0. The maximum Gasteiger partial charge on any atom is 0.336 e. The van der Waals surface area contributed by atoms with Gasteiger partial charge in [-0.05, 0) is 24.8 Å². The van der Waals surface area contributed by atoms with Crippen LogP contribution >= 0.6 is 0 Å². The van der Waals surface area contributed by atoms with E-state index in [1.165, 1.54) is 32.1 Å². The zero-order valence-electron chi connectivity index (χ0n) is 7.12. The Morgan fingerprint density at radius 2 is 2.00 bits per heavy atom. The van der Waals surface area contributed by atoms with Crippen LogP contribution in [0.5, 0.6) is 0 Å². The molecule has 0 aromatic heterocycles. The van der Waals surface area contributed by atoms with E-state index < -0.39 is 5.97 Å². The summed E-state index contributed by atoms with van der Waals surface area (Å²) in [5, 5.41) is 8.30. The average molecular weight is 166 g/mol. The van der Waals surface area contributed by atoms with Crippen molar-refractivity contribution >= 4 is 5.97 Å². The van der Waals surface area contributed by atoms with E-state index in [9.17, 15) is 4.79 Å². The molecule has 0 aliphatic heterocycles. The Kier molecular flexibility index (Phi) is 3.62. The SMILES string of the molecule is O=C(O)C=C=CC1CCCCC1. The molecule has 2 heteroatoms. The molecule has 1 N–H and O–H groups in total. The Labute approximate surface area is 72.6 Å². The number of hydrogen-bond donors (Lipinski definition) is 1. The van der Waals surface area contributed by atoms with Crippen LogP contribution in [-0.2, 0) is 4.79 Å². The van der Waals surface area contributed by atoms with E-state index in [4.69, 9.17) is 5.11 Å². The van der Waals surface area contributed by atoms with Crippen molar-refractivity contribution in [2.24, 2.45) is 5.92 Å². The first-order valence-electron chi connectivity index (χ1n) is 4.44. The molecular formula is C10H14O2. The molecule has 0 unspecified atom stereocenters. The lowest BCUT2D eigenvalue weighted by Gasteiger charge is -2.16. The first-order valence-corrected chi connectivity index (χ1v) is 4.44. The van der Waals surface area contributed by atoms with Crippen molar-refractivity contribution in [3.05, 3.63) is 17.9 Å². The number of aliphatic carboxylic acids is 1. The molecule has 0 bridgehead atoms. The van der Waals surface area contributed by atoms with Crippen LogP contribution in [0.2, 0.25) is 0 Å². The minimum absolute atomic E-state index is 0.564. The van der Waals surface area contributed by atoms with E-state index >= 15 is 0 Å². The lowest BCUT2D eigenvalue weighted by atomic mass is 9.89. The molecule has 0 saturated heterocycles. The molecule has 0 aromatic rings. The second kappa shape index (κ2) is 4.78. The molecule has 66 valence electrons. The van der Waals surface area contributed by atoms with Gasteiger partial charge in [-0.3, -0.25) is 0 Å². The van der Waals surface area contributed by atoms with Crippen LogP contribution in [0.1, 0.15) is 32.1 Å². The quantitative estimate of drug-likeness (QED) is 0.505. The first kappa shape index (κ1) is 9.08. The lowest BCUT2D eigenvalue weighted by molar-refractivity contribution is -0.131. The van der Waals surface area contributed by atoms with Gasteiger partial charge >= 0.3 is 5.97 Å². The minimum atomic E-state index is -0.915. The van der Waals surface area contributed by atoms with Gasteiger partial charge in [-0.15, -0.1) is 5.73 Å². The fraction of sp³-hybridized carbons (Fsp3) is 0.600. The summed E-state index contributed by atoms with van der Waals surface area (Å²) in [5.41, 5.74) is 2.70. The molecule has 1 rings (SSSR count). The monoisotopic (exact) mass is 166 g/mol. The van der Waals surface area contributed by atoms with Gasteiger partial charge in [0, 0.05) is 0 Å². The van der Waals surface area contributed by atoms with Crippen molar-refractivity contribution in [3.8, 4) is 0 Å². The minimum Gasteiger partial charge on any atom is -0.478 e. The molecule has 1 aliphatic carbocycles. The van der Waals surface area contributed by atoms with Crippen molar-refractivity contribution < 1.29 is 9.90 Å². The van der Waals surface area contributed by atoms with E-state index in [1.54, 1.807) is 0 Å². The summed E-state index contributed by atoms with van der Waals surface area (Å²) < 4.78 is 0. The Bertz CT molecular complexity index is 206. The van der Waals surface area contributed by atoms with E-state index in [2.05, 4.69) is 5.73 Å². The third-order valence-electron chi connectivity index (χ3n) is 2.19. The first-order chi connectivity index (χ1) is 5.79. The molecule has 0 spiro atoms. The Morgan fingerprint density at radius 3 is 2.58 bits per heavy atom. The van der Waals surface area contributed by atoms with Crippen molar-refractivity contribution in [1.82, 2.24) is 0 Å². The second-order valence-electron chi connectivity index (χ2n) is 3.21. The van der Waals surface area contributed by atoms with Crippen LogP contribution in [0.3, 0.4) is 0 Å². The highest BCUT2D eigenvalue weighted by Crippen LogP contribution is 2.23. The van der Waals surface area contributed by atoms with Gasteiger partial charge in [0.1, 0.15) is 0 Å². The lowest BCUT2D eigenvalue weighted by Crippen LogP contribution is -2.01. The fourth-order valence-electron chi connectivity index (χ4n) is 1.56. The maximum absolute atomic E-state index is 10.1. The van der Waals surface area contributed by atoms with Gasteiger partial charge in [0.25, 0.3) is 0 Å². The molecule has 0 aromatic carbocycles. The van der Waals surface area contributed by atoms with Crippen LogP contribution in [0.15, 0.2) is 17.9 Å².